The third-order valence-electron chi connectivity index (χ3n) is 5.02. The van der Waals surface area contributed by atoms with E-state index in [1.807, 2.05) is 12.1 Å². The third kappa shape index (κ3) is 5.86. The van der Waals surface area contributed by atoms with Crippen LogP contribution in [0.3, 0.4) is 0 Å². The van der Waals surface area contributed by atoms with E-state index in [2.05, 4.69) is 21.3 Å². The largest absolute Gasteiger partial charge is 0.496 e. The maximum absolute atomic E-state index is 12.0. The van der Waals surface area contributed by atoms with Gasteiger partial charge in [-0.1, -0.05) is 48.0 Å². The highest BCUT2D eigenvalue weighted by atomic mass is 35.5. The molecule has 36 heavy (non-hydrogen) atoms. The molecule has 0 spiro atoms. The van der Waals surface area contributed by atoms with Gasteiger partial charge in [0.25, 0.3) is 0 Å². The fraction of sp³-hybridized carbons (Fsp3) is 0.0769. The number of nitrogens with zero attached hydrogens (tertiary/aromatic N) is 3. The van der Waals surface area contributed by atoms with E-state index in [1.165, 1.54) is 13.2 Å². The number of benzene rings is 3. The minimum atomic E-state index is -1.14. The molecule has 0 radical (unpaired) electrons. The number of carboxylic acids is 1. The fourth-order valence-electron chi connectivity index (χ4n) is 3.29. The average Bonchev–Trinajstić information content (AvgIpc) is 3.36. The first-order valence-electron chi connectivity index (χ1n) is 10.6. The summed E-state index contributed by atoms with van der Waals surface area (Å²) < 4.78 is 11.3. The predicted molar refractivity (Wildman–Crippen MR) is 137 cm³/mol. The number of nitriles is 1. The Balaban J connectivity index is 1.58. The molecule has 0 saturated heterocycles. The van der Waals surface area contributed by atoms with Gasteiger partial charge in [0, 0.05) is 16.1 Å². The molecule has 4 rings (SSSR count). The van der Waals surface area contributed by atoms with Crippen LogP contribution in [0.2, 0.25) is 5.02 Å². The second-order valence-corrected chi connectivity index (χ2v) is 8.77. The van der Waals surface area contributed by atoms with Crippen LogP contribution in [0.5, 0.6) is 11.5 Å². The molecule has 0 bridgehead atoms. The van der Waals surface area contributed by atoms with Crippen LogP contribution in [-0.4, -0.2) is 33.4 Å². The molecule has 2 N–H and O–H groups in total. The molecule has 0 saturated carbocycles. The smallest absolute Gasteiger partial charge is 0.342 e. The zero-order chi connectivity index (χ0) is 25.5. The summed E-state index contributed by atoms with van der Waals surface area (Å²) in [5, 5.41) is 26.8. The van der Waals surface area contributed by atoms with Crippen molar-refractivity contribution < 1.29 is 19.4 Å². The highest BCUT2D eigenvalue weighted by Crippen LogP contribution is 2.33. The third-order valence-corrected chi connectivity index (χ3v) is 6.13. The van der Waals surface area contributed by atoms with E-state index < -0.39 is 5.97 Å². The summed E-state index contributed by atoms with van der Waals surface area (Å²) in [5.41, 5.74) is 2.41. The molecular weight excluding hydrogens is 500 g/mol. The second-order valence-electron chi connectivity index (χ2n) is 7.32. The molecule has 10 heteroatoms. The zero-order valence-electron chi connectivity index (χ0n) is 18.9. The summed E-state index contributed by atoms with van der Waals surface area (Å²) in [6, 6.07) is 21.4. The number of para-hydroxylation sites is 1. The number of aliphatic carboxylic acids is 1. The molecule has 0 unspecified atom stereocenters. The van der Waals surface area contributed by atoms with Crippen LogP contribution in [0.25, 0.3) is 17.5 Å². The number of methoxy groups -OCH3 is 1. The van der Waals surface area contributed by atoms with Crippen molar-refractivity contribution in [3.63, 3.8) is 0 Å². The van der Waals surface area contributed by atoms with Gasteiger partial charge < -0.3 is 14.6 Å². The highest BCUT2D eigenvalue weighted by Gasteiger charge is 2.17. The molecule has 0 aliphatic carbocycles. The number of nitrogens with one attached hydrogen (secondary N) is 1. The Morgan fingerprint density at radius 2 is 1.94 bits per heavy atom. The summed E-state index contributed by atoms with van der Waals surface area (Å²) in [6.45, 7) is 0.163. The number of aromatic nitrogens is 3. The molecular formula is C26H19ClN4O4S. The van der Waals surface area contributed by atoms with Crippen molar-refractivity contribution in [2.75, 3.05) is 7.11 Å². The van der Waals surface area contributed by atoms with Gasteiger partial charge in [-0.25, -0.2) is 9.78 Å². The Hall–Kier alpha value is -4.26. The van der Waals surface area contributed by atoms with Gasteiger partial charge in [0.2, 0.25) is 5.16 Å². The molecule has 180 valence electrons. The lowest BCUT2D eigenvalue weighted by atomic mass is 10.1. The van der Waals surface area contributed by atoms with E-state index in [0.29, 0.717) is 39.0 Å². The lowest BCUT2D eigenvalue weighted by Gasteiger charge is -2.11. The highest BCUT2D eigenvalue weighted by molar-refractivity contribution is 8.04. The van der Waals surface area contributed by atoms with E-state index in [9.17, 15) is 15.2 Å². The number of thioether (sulfide) groups is 1. The predicted octanol–water partition coefficient (Wildman–Crippen LogP) is 5.80. The quantitative estimate of drug-likeness (QED) is 0.210. The first kappa shape index (κ1) is 24.9. The summed E-state index contributed by atoms with van der Waals surface area (Å²) >= 11 is 7.00. The van der Waals surface area contributed by atoms with E-state index in [1.54, 1.807) is 54.6 Å². The number of H-pyrrole nitrogens is 1. The van der Waals surface area contributed by atoms with Crippen LogP contribution in [0.1, 0.15) is 16.7 Å². The monoisotopic (exact) mass is 518 g/mol. The van der Waals surface area contributed by atoms with E-state index in [0.717, 1.165) is 17.3 Å². The SMILES string of the molecule is COc1ccc(Cl)cc1-c1nc(S/C(=C\c2ccccc2OCc2ccccc2C#N)C(=O)O)n[nH]1. The van der Waals surface area contributed by atoms with Crippen LogP contribution in [0.15, 0.2) is 76.8 Å². The van der Waals surface area contributed by atoms with Crippen molar-refractivity contribution in [3.8, 4) is 29.0 Å². The van der Waals surface area contributed by atoms with Crippen LogP contribution in [0.4, 0.5) is 0 Å². The van der Waals surface area contributed by atoms with E-state index >= 15 is 0 Å². The van der Waals surface area contributed by atoms with Gasteiger partial charge in [-0.15, -0.1) is 5.10 Å². The maximum Gasteiger partial charge on any atom is 0.342 e. The Labute approximate surface area is 216 Å². The van der Waals surface area contributed by atoms with Gasteiger partial charge in [0.05, 0.1) is 24.3 Å². The molecule has 0 aliphatic rings. The minimum absolute atomic E-state index is 0.00733. The first-order chi connectivity index (χ1) is 17.5. The molecule has 3 aromatic carbocycles. The lowest BCUT2D eigenvalue weighted by molar-refractivity contribution is -0.131. The number of ether oxygens (including phenoxy) is 2. The lowest BCUT2D eigenvalue weighted by Crippen LogP contribution is -2.01. The van der Waals surface area contributed by atoms with Gasteiger partial charge in [-0.05, 0) is 48.2 Å². The summed E-state index contributed by atoms with van der Waals surface area (Å²) in [7, 11) is 1.53. The van der Waals surface area contributed by atoms with Gasteiger partial charge >= 0.3 is 5.97 Å². The molecule has 0 aliphatic heterocycles. The van der Waals surface area contributed by atoms with E-state index in [-0.39, 0.29) is 16.7 Å². The van der Waals surface area contributed by atoms with Crippen LogP contribution < -0.4 is 9.47 Å². The van der Waals surface area contributed by atoms with Crippen molar-refractivity contribution in [1.82, 2.24) is 15.2 Å². The van der Waals surface area contributed by atoms with Crippen molar-refractivity contribution >= 4 is 35.4 Å². The average molecular weight is 519 g/mol. The number of carbonyl (C=O) groups is 1. The van der Waals surface area contributed by atoms with Gasteiger partial charge in [-0.2, -0.15) is 5.26 Å². The Morgan fingerprint density at radius 3 is 2.72 bits per heavy atom. The van der Waals surface area contributed by atoms with Crippen LogP contribution in [0, 0.1) is 11.3 Å². The molecule has 1 heterocycles. The van der Waals surface area contributed by atoms with Crippen molar-refractivity contribution in [1.29, 1.82) is 5.26 Å². The van der Waals surface area contributed by atoms with Crippen molar-refractivity contribution in [2.24, 2.45) is 0 Å². The normalized spacial score (nSPS) is 11.1. The summed E-state index contributed by atoms with van der Waals surface area (Å²) in [6.07, 6.45) is 1.49. The minimum Gasteiger partial charge on any atom is -0.496 e. The number of rotatable bonds is 9. The van der Waals surface area contributed by atoms with Gasteiger partial charge in [0.1, 0.15) is 23.0 Å². The topological polar surface area (TPSA) is 121 Å². The zero-order valence-corrected chi connectivity index (χ0v) is 20.5. The Morgan fingerprint density at radius 1 is 1.17 bits per heavy atom. The fourth-order valence-corrected chi connectivity index (χ4v) is 4.16. The Bertz CT molecular complexity index is 1480. The summed E-state index contributed by atoms with van der Waals surface area (Å²) in [4.78, 5) is 16.4. The molecule has 4 aromatic rings. The second kappa shape index (κ2) is 11.4. The van der Waals surface area contributed by atoms with Gasteiger partial charge in [-0.3, -0.25) is 5.10 Å². The van der Waals surface area contributed by atoms with Crippen LogP contribution >= 0.6 is 23.4 Å². The molecule has 0 amide bonds. The van der Waals surface area contributed by atoms with Crippen molar-refractivity contribution in [2.45, 2.75) is 11.8 Å². The number of hydrogen-bond donors (Lipinski definition) is 2. The molecule has 1 aromatic heterocycles. The summed E-state index contributed by atoms with van der Waals surface area (Å²) in [5.74, 6) is 0.270. The number of carboxylic acid groups (broad SMARTS) is 1. The number of halogens is 1. The number of aromatic amines is 1. The van der Waals surface area contributed by atoms with Gasteiger partial charge in [0.15, 0.2) is 5.82 Å². The maximum atomic E-state index is 12.0. The standard InChI is InChI=1S/C26H19ClN4O4S/c1-34-22-11-10-19(27)13-20(22)24-29-26(31-30-24)36-23(25(32)33)12-16-6-4-5-9-21(16)35-15-18-8-3-2-7-17(18)14-28/h2-13H,15H2,1H3,(H,32,33)(H,29,30,31)/b23-12-. The molecule has 0 fully saturated rings. The van der Waals surface area contributed by atoms with E-state index in [4.69, 9.17) is 21.1 Å². The Kier molecular flexibility index (Phi) is 7.90. The molecule has 8 nitrogen and oxygen atoms in total. The first-order valence-corrected chi connectivity index (χ1v) is 11.8. The van der Waals surface area contributed by atoms with Crippen molar-refractivity contribution in [3.05, 3.63) is 93.3 Å². The van der Waals surface area contributed by atoms with Crippen LogP contribution in [-0.2, 0) is 11.4 Å². The molecule has 0 atom stereocenters. The number of hydrogen-bond acceptors (Lipinski definition) is 7.